The molecule has 1 atom stereocenters. The Bertz CT molecular complexity index is 837. The fourth-order valence-corrected chi connectivity index (χ4v) is 2.85. The molecule has 2 aromatic heterocycles. The summed E-state index contributed by atoms with van der Waals surface area (Å²) in [7, 11) is 0. The Labute approximate surface area is 131 Å². The van der Waals surface area contributed by atoms with Gasteiger partial charge in [-0.3, -0.25) is 4.79 Å². The average molecular weight is 312 g/mol. The van der Waals surface area contributed by atoms with E-state index < -0.39 is 0 Å². The molecule has 23 heavy (non-hydrogen) atoms. The van der Waals surface area contributed by atoms with Gasteiger partial charge in [-0.25, -0.2) is 4.39 Å². The lowest BCUT2D eigenvalue weighted by Crippen LogP contribution is -2.17. The molecule has 0 spiro atoms. The van der Waals surface area contributed by atoms with Gasteiger partial charge in [0, 0.05) is 24.4 Å². The number of aromatic nitrogens is 1. The molecule has 0 fully saturated rings. The van der Waals surface area contributed by atoms with Crippen molar-refractivity contribution in [3.63, 3.8) is 0 Å². The number of ketones is 1. The molecule has 1 aliphatic rings. The molecule has 0 saturated carbocycles. The third-order valence-corrected chi connectivity index (χ3v) is 3.96. The van der Waals surface area contributed by atoms with Crippen molar-refractivity contribution in [3.8, 4) is 0 Å². The number of nitrogens with zero attached hydrogens (tertiary/aromatic N) is 1. The number of halogens is 1. The van der Waals surface area contributed by atoms with Crippen LogP contribution in [0.4, 0.5) is 15.9 Å². The van der Waals surface area contributed by atoms with E-state index in [0.29, 0.717) is 35.7 Å². The molecule has 0 bridgehead atoms. The average Bonchev–Trinajstić information content (AvgIpc) is 3.20. The molecule has 3 aromatic rings. The SMILES string of the molecule is O=C1C[C@H](c2ccco2)Cc2onc(Nc3ccc(F)cc3)c21. The minimum Gasteiger partial charge on any atom is -0.469 e. The van der Waals surface area contributed by atoms with Gasteiger partial charge < -0.3 is 14.3 Å². The first-order valence-electron chi connectivity index (χ1n) is 7.28. The molecular weight excluding hydrogens is 299 g/mol. The van der Waals surface area contributed by atoms with E-state index in [1.54, 1.807) is 24.5 Å². The van der Waals surface area contributed by atoms with Crippen molar-refractivity contribution in [2.45, 2.75) is 18.8 Å². The highest BCUT2D eigenvalue weighted by Gasteiger charge is 2.34. The summed E-state index contributed by atoms with van der Waals surface area (Å²) in [4.78, 5) is 12.5. The van der Waals surface area contributed by atoms with E-state index in [1.807, 2.05) is 6.07 Å². The van der Waals surface area contributed by atoms with Crippen LogP contribution in [0.2, 0.25) is 0 Å². The van der Waals surface area contributed by atoms with Crippen LogP contribution in [0.3, 0.4) is 0 Å². The van der Waals surface area contributed by atoms with Crippen molar-refractivity contribution in [1.29, 1.82) is 0 Å². The smallest absolute Gasteiger partial charge is 0.185 e. The Hall–Kier alpha value is -2.89. The third kappa shape index (κ3) is 2.52. The van der Waals surface area contributed by atoms with Gasteiger partial charge in [0.25, 0.3) is 0 Å². The summed E-state index contributed by atoms with van der Waals surface area (Å²) >= 11 is 0. The van der Waals surface area contributed by atoms with Crippen molar-refractivity contribution in [2.75, 3.05) is 5.32 Å². The van der Waals surface area contributed by atoms with Gasteiger partial charge in [-0.15, -0.1) is 0 Å². The van der Waals surface area contributed by atoms with Crippen LogP contribution >= 0.6 is 0 Å². The molecular formula is C17H13FN2O3. The first-order valence-corrected chi connectivity index (χ1v) is 7.28. The lowest BCUT2D eigenvalue weighted by molar-refractivity contribution is 0.0956. The second-order valence-electron chi connectivity index (χ2n) is 5.51. The minimum atomic E-state index is -0.324. The second-order valence-corrected chi connectivity index (χ2v) is 5.51. The summed E-state index contributed by atoms with van der Waals surface area (Å²) in [5, 5.41) is 6.95. The number of rotatable bonds is 3. The van der Waals surface area contributed by atoms with Crippen LogP contribution in [0.25, 0.3) is 0 Å². The normalized spacial score (nSPS) is 17.1. The van der Waals surface area contributed by atoms with Gasteiger partial charge in [-0.05, 0) is 36.4 Å². The molecule has 1 N–H and O–H groups in total. The molecule has 1 aromatic carbocycles. The van der Waals surface area contributed by atoms with Gasteiger partial charge >= 0.3 is 0 Å². The standard InChI is InChI=1S/C17H13FN2O3/c18-11-3-5-12(6-4-11)19-17-16-13(21)8-10(9-15(16)23-20-17)14-2-1-7-22-14/h1-7,10H,8-9H2,(H,19,20)/t10-/m0/s1. The van der Waals surface area contributed by atoms with Crippen LogP contribution in [-0.4, -0.2) is 10.9 Å². The predicted octanol–water partition coefficient (Wildman–Crippen LogP) is 4.06. The Morgan fingerprint density at radius 1 is 1.17 bits per heavy atom. The Morgan fingerprint density at radius 3 is 2.74 bits per heavy atom. The molecule has 0 amide bonds. The fraction of sp³-hybridized carbons (Fsp3) is 0.176. The van der Waals surface area contributed by atoms with Crippen molar-refractivity contribution in [3.05, 3.63) is 65.6 Å². The monoisotopic (exact) mass is 312 g/mol. The number of Topliss-reactive ketones (excluding diaryl/α,β-unsaturated/α-hetero) is 1. The maximum Gasteiger partial charge on any atom is 0.185 e. The van der Waals surface area contributed by atoms with Gasteiger partial charge in [-0.2, -0.15) is 0 Å². The Morgan fingerprint density at radius 2 is 2.00 bits per heavy atom. The van der Waals surface area contributed by atoms with E-state index in [2.05, 4.69) is 10.5 Å². The first-order chi connectivity index (χ1) is 11.2. The van der Waals surface area contributed by atoms with Gasteiger partial charge in [0.2, 0.25) is 0 Å². The predicted molar refractivity (Wildman–Crippen MR) is 80.3 cm³/mol. The molecule has 5 nitrogen and oxygen atoms in total. The number of carbonyl (C=O) groups excluding carboxylic acids is 1. The number of furan rings is 1. The van der Waals surface area contributed by atoms with Crippen LogP contribution in [0.5, 0.6) is 0 Å². The van der Waals surface area contributed by atoms with Crippen molar-refractivity contribution in [1.82, 2.24) is 5.16 Å². The number of hydrogen-bond donors (Lipinski definition) is 1. The fourth-order valence-electron chi connectivity index (χ4n) is 2.85. The molecule has 2 heterocycles. The number of nitrogens with one attached hydrogen (secondary N) is 1. The lowest BCUT2D eigenvalue weighted by Gasteiger charge is -2.18. The van der Waals surface area contributed by atoms with Crippen LogP contribution in [0, 0.1) is 5.82 Å². The van der Waals surface area contributed by atoms with E-state index in [0.717, 1.165) is 5.76 Å². The zero-order chi connectivity index (χ0) is 15.8. The van der Waals surface area contributed by atoms with E-state index in [-0.39, 0.29) is 17.5 Å². The van der Waals surface area contributed by atoms with E-state index in [9.17, 15) is 9.18 Å². The van der Waals surface area contributed by atoms with Gasteiger partial charge in [0.05, 0.1) is 6.26 Å². The molecule has 4 rings (SSSR count). The summed E-state index contributed by atoms with van der Waals surface area (Å²) < 4.78 is 23.7. The largest absolute Gasteiger partial charge is 0.469 e. The van der Waals surface area contributed by atoms with E-state index in [1.165, 1.54) is 12.1 Å². The summed E-state index contributed by atoms with van der Waals surface area (Å²) in [5.74, 6) is 1.29. The zero-order valence-electron chi connectivity index (χ0n) is 12.1. The highest BCUT2D eigenvalue weighted by Crippen LogP contribution is 2.36. The number of fused-ring (bicyclic) bond motifs is 1. The van der Waals surface area contributed by atoms with Gasteiger partial charge in [0.1, 0.15) is 17.1 Å². The summed E-state index contributed by atoms with van der Waals surface area (Å²) in [6, 6.07) is 9.49. The van der Waals surface area contributed by atoms with Crippen molar-refractivity contribution >= 4 is 17.3 Å². The van der Waals surface area contributed by atoms with Crippen LogP contribution < -0.4 is 5.32 Å². The van der Waals surface area contributed by atoms with Crippen LogP contribution in [-0.2, 0) is 6.42 Å². The minimum absolute atomic E-state index is 0.0309. The molecule has 1 aliphatic carbocycles. The summed E-state index contributed by atoms with van der Waals surface area (Å²) in [6.45, 7) is 0. The first kappa shape index (κ1) is 13.8. The van der Waals surface area contributed by atoms with E-state index >= 15 is 0 Å². The maximum absolute atomic E-state index is 13.0. The van der Waals surface area contributed by atoms with Gasteiger partial charge in [0.15, 0.2) is 17.4 Å². The van der Waals surface area contributed by atoms with E-state index in [4.69, 9.17) is 8.94 Å². The Balaban J connectivity index is 1.61. The molecule has 0 radical (unpaired) electrons. The quantitative estimate of drug-likeness (QED) is 0.789. The molecule has 0 aliphatic heterocycles. The number of benzene rings is 1. The highest BCUT2D eigenvalue weighted by molar-refractivity contribution is 6.03. The molecule has 6 heteroatoms. The maximum atomic E-state index is 13.0. The molecule has 116 valence electrons. The van der Waals surface area contributed by atoms with Crippen LogP contribution in [0.15, 0.2) is 51.6 Å². The number of hydrogen-bond acceptors (Lipinski definition) is 5. The second kappa shape index (κ2) is 5.39. The molecule has 0 saturated heterocycles. The summed E-state index contributed by atoms with van der Waals surface area (Å²) in [6.07, 6.45) is 2.50. The zero-order valence-corrected chi connectivity index (χ0v) is 12.1. The topological polar surface area (TPSA) is 68.3 Å². The van der Waals surface area contributed by atoms with Crippen molar-refractivity contribution < 1.29 is 18.1 Å². The Kier molecular flexibility index (Phi) is 3.22. The van der Waals surface area contributed by atoms with Gasteiger partial charge in [-0.1, -0.05) is 5.16 Å². The van der Waals surface area contributed by atoms with Crippen LogP contribution in [0.1, 0.15) is 34.2 Å². The summed E-state index contributed by atoms with van der Waals surface area (Å²) in [5.41, 5.74) is 1.11. The highest BCUT2D eigenvalue weighted by atomic mass is 19.1. The number of carbonyl (C=O) groups is 1. The molecule has 0 unspecified atom stereocenters. The number of anilines is 2. The third-order valence-electron chi connectivity index (χ3n) is 3.96. The van der Waals surface area contributed by atoms with Crippen molar-refractivity contribution in [2.24, 2.45) is 0 Å². The lowest BCUT2D eigenvalue weighted by atomic mass is 9.85.